The van der Waals surface area contributed by atoms with Gasteiger partial charge in [0.15, 0.2) is 0 Å². The van der Waals surface area contributed by atoms with Crippen LogP contribution in [0.4, 0.5) is 0 Å². The summed E-state index contributed by atoms with van der Waals surface area (Å²) in [5, 5.41) is 1.65. The fraction of sp³-hybridized carbons (Fsp3) is 0.158. The topological polar surface area (TPSA) is 63.4 Å². The van der Waals surface area contributed by atoms with Gasteiger partial charge in [-0.25, -0.2) is 15.0 Å². The van der Waals surface area contributed by atoms with Crippen LogP contribution in [-0.2, 0) is 9.53 Å². The number of nitrogens with zero attached hydrogens (tertiary/aromatic N) is 3. The Morgan fingerprint density at radius 1 is 1.17 bits per heavy atom. The van der Waals surface area contributed by atoms with Crippen molar-refractivity contribution in [3.8, 4) is 0 Å². The van der Waals surface area contributed by atoms with Crippen molar-refractivity contribution < 1.29 is 9.53 Å². The van der Waals surface area contributed by atoms with E-state index in [2.05, 4.69) is 21.6 Å². The Kier molecular flexibility index (Phi) is 4.61. The zero-order chi connectivity index (χ0) is 16.9. The summed E-state index contributed by atoms with van der Waals surface area (Å²) in [7, 11) is 0. The number of aliphatic imine (C=N–C) groups is 2. The second-order valence-electron chi connectivity index (χ2n) is 5.21. The first kappa shape index (κ1) is 15.8. The van der Waals surface area contributed by atoms with Gasteiger partial charge in [-0.15, -0.1) is 0 Å². The number of benzene rings is 2. The molecule has 0 atom stereocenters. The predicted molar refractivity (Wildman–Crippen MR) is 93.8 cm³/mol. The molecule has 0 fully saturated rings. The Morgan fingerprint density at radius 3 is 2.71 bits per heavy atom. The molecule has 0 aliphatic carbocycles. The van der Waals surface area contributed by atoms with E-state index in [-0.39, 0.29) is 12.5 Å². The number of carbonyl (C=O) groups is 1. The zero-order valence-corrected chi connectivity index (χ0v) is 13.4. The van der Waals surface area contributed by atoms with Gasteiger partial charge in [-0.2, -0.15) is 0 Å². The lowest BCUT2D eigenvalue weighted by molar-refractivity contribution is -0.141. The molecule has 0 unspecified atom stereocenters. The van der Waals surface area contributed by atoms with Gasteiger partial charge < -0.3 is 4.74 Å². The molecule has 2 aromatic rings. The number of esters is 1. The van der Waals surface area contributed by atoms with Crippen LogP contribution in [0, 0.1) is 0 Å². The van der Waals surface area contributed by atoms with Gasteiger partial charge in [0.1, 0.15) is 6.54 Å². The molecular weight excluding hydrogens is 302 g/mol. The summed E-state index contributed by atoms with van der Waals surface area (Å²) in [5.74, 6) is -0.123. The third-order valence-corrected chi connectivity index (χ3v) is 3.45. The molecule has 0 bridgehead atoms. The number of guanidine groups is 1. The molecule has 0 aromatic heterocycles. The van der Waals surface area contributed by atoms with Crippen LogP contribution in [0.2, 0.25) is 0 Å². The van der Waals surface area contributed by atoms with Crippen LogP contribution < -0.4 is 10.6 Å². The van der Waals surface area contributed by atoms with Crippen LogP contribution in [0.3, 0.4) is 0 Å². The lowest BCUT2D eigenvalue weighted by Gasteiger charge is -2.12. The minimum absolute atomic E-state index is 0.0962. The van der Waals surface area contributed by atoms with Gasteiger partial charge in [0, 0.05) is 11.1 Å². The first-order valence-electron chi connectivity index (χ1n) is 7.69. The third-order valence-electron chi connectivity index (χ3n) is 3.45. The predicted octanol–water partition coefficient (Wildman–Crippen LogP) is 1.49. The zero-order valence-electron chi connectivity index (χ0n) is 13.4. The average Bonchev–Trinajstić information content (AvgIpc) is 2.60. The Hall–Kier alpha value is -3.08. The molecule has 0 saturated heterocycles. The van der Waals surface area contributed by atoms with Crippen molar-refractivity contribution in [2.75, 3.05) is 13.2 Å². The molecule has 1 heterocycles. The standard InChI is InChI=1S/C19H17N3O2/c1-3-24-17(23)12-20-19-21-16-10-9-13(2)11-15(16)18(22-19)14-7-5-4-6-8-14/h4-11H,2-3,12H2,1H3. The molecule has 5 nitrogen and oxygen atoms in total. The van der Waals surface area contributed by atoms with E-state index in [0.717, 1.165) is 27.4 Å². The lowest BCUT2D eigenvalue weighted by Crippen LogP contribution is -2.26. The van der Waals surface area contributed by atoms with Crippen molar-refractivity contribution in [3.05, 3.63) is 70.2 Å². The van der Waals surface area contributed by atoms with Crippen molar-refractivity contribution in [2.45, 2.75) is 6.92 Å². The minimum Gasteiger partial charge on any atom is -0.465 e. The summed E-state index contributed by atoms with van der Waals surface area (Å²) in [4.78, 5) is 24.6. The quantitative estimate of drug-likeness (QED) is 0.802. The molecule has 0 N–H and O–H groups in total. The second kappa shape index (κ2) is 7.00. The van der Waals surface area contributed by atoms with Gasteiger partial charge in [0.25, 0.3) is 0 Å². The van der Waals surface area contributed by atoms with Crippen molar-refractivity contribution in [1.82, 2.24) is 0 Å². The highest BCUT2D eigenvalue weighted by molar-refractivity contribution is 6.18. The van der Waals surface area contributed by atoms with Crippen LogP contribution in [0.5, 0.6) is 0 Å². The molecule has 2 aromatic carbocycles. The molecule has 5 heteroatoms. The summed E-state index contributed by atoms with van der Waals surface area (Å²) in [6, 6.07) is 15.5. The Morgan fingerprint density at radius 2 is 1.96 bits per heavy atom. The highest BCUT2D eigenvalue weighted by Crippen LogP contribution is 2.10. The molecule has 0 amide bonds. The fourth-order valence-corrected chi connectivity index (χ4v) is 2.39. The molecule has 3 rings (SSSR count). The van der Waals surface area contributed by atoms with E-state index in [1.54, 1.807) is 6.92 Å². The van der Waals surface area contributed by atoms with Crippen LogP contribution in [0.1, 0.15) is 18.1 Å². The van der Waals surface area contributed by atoms with E-state index in [4.69, 9.17) is 4.74 Å². The molecule has 120 valence electrons. The number of fused-ring (bicyclic) bond motifs is 1. The van der Waals surface area contributed by atoms with Crippen LogP contribution >= 0.6 is 0 Å². The summed E-state index contributed by atoms with van der Waals surface area (Å²) >= 11 is 0. The van der Waals surface area contributed by atoms with Gasteiger partial charge in [-0.05, 0) is 24.3 Å². The number of ether oxygens (including phenoxy) is 1. The Balaban J connectivity index is 2.07. The van der Waals surface area contributed by atoms with Gasteiger partial charge in [-0.1, -0.05) is 43.0 Å². The maximum Gasteiger partial charge on any atom is 0.327 e. The fourth-order valence-electron chi connectivity index (χ4n) is 2.39. The number of hydrogen-bond donors (Lipinski definition) is 0. The molecule has 1 aliphatic heterocycles. The van der Waals surface area contributed by atoms with E-state index >= 15 is 0 Å². The SMILES string of the molecule is C=c1ccc2c(c1)C(c1ccccc1)=NC(=NCC(=O)OCC)N=2. The van der Waals surface area contributed by atoms with Crippen LogP contribution in [-0.4, -0.2) is 30.8 Å². The van der Waals surface area contributed by atoms with E-state index in [9.17, 15) is 4.79 Å². The van der Waals surface area contributed by atoms with Gasteiger partial charge in [0.05, 0.1) is 17.7 Å². The second-order valence-corrected chi connectivity index (χ2v) is 5.21. The smallest absolute Gasteiger partial charge is 0.327 e. The van der Waals surface area contributed by atoms with Crippen LogP contribution in [0.25, 0.3) is 6.58 Å². The Bertz CT molecular complexity index is 931. The maximum atomic E-state index is 11.5. The third kappa shape index (κ3) is 3.46. The molecule has 1 aliphatic rings. The first-order valence-corrected chi connectivity index (χ1v) is 7.69. The van der Waals surface area contributed by atoms with E-state index in [0.29, 0.717) is 6.61 Å². The van der Waals surface area contributed by atoms with Crippen LogP contribution in [0.15, 0.2) is 63.5 Å². The molecule has 0 radical (unpaired) electrons. The monoisotopic (exact) mass is 319 g/mol. The van der Waals surface area contributed by atoms with Gasteiger partial charge in [0.2, 0.25) is 5.96 Å². The summed E-state index contributed by atoms with van der Waals surface area (Å²) < 4.78 is 4.89. The van der Waals surface area contributed by atoms with Crippen molar-refractivity contribution in [2.24, 2.45) is 15.0 Å². The van der Waals surface area contributed by atoms with Crippen molar-refractivity contribution in [1.29, 1.82) is 0 Å². The average molecular weight is 319 g/mol. The molecule has 24 heavy (non-hydrogen) atoms. The molecular formula is C19H17N3O2. The van der Waals surface area contributed by atoms with Crippen molar-refractivity contribution >= 4 is 24.2 Å². The van der Waals surface area contributed by atoms with Gasteiger partial charge >= 0.3 is 5.97 Å². The van der Waals surface area contributed by atoms with Gasteiger partial charge in [-0.3, -0.25) is 4.79 Å². The molecule has 0 saturated carbocycles. The largest absolute Gasteiger partial charge is 0.465 e. The van der Waals surface area contributed by atoms with E-state index in [1.165, 1.54) is 0 Å². The highest BCUT2D eigenvalue weighted by Gasteiger charge is 2.15. The lowest BCUT2D eigenvalue weighted by atomic mass is 10.0. The normalized spacial score (nSPS) is 14.5. The summed E-state index contributed by atoms with van der Waals surface area (Å²) in [6.45, 7) is 5.96. The van der Waals surface area contributed by atoms with Crippen molar-refractivity contribution in [3.63, 3.8) is 0 Å². The number of carbonyl (C=O) groups excluding carboxylic acids is 1. The maximum absolute atomic E-state index is 11.5. The summed E-state index contributed by atoms with van der Waals surface area (Å²) in [5.41, 5.74) is 2.64. The van der Waals surface area contributed by atoms with E-state index < -0.39 is 5.97 Å². The minimum atomic E-state index is -0.393. The highest BCUT2D eigenvalue weighted by atomic mass is 16.5. The molecule has 0 spiro atoms. The number of rotatable bonds is 4. The summed E-state index contributed by atoms with van der Waals surface area (Å²) in [6.07, 6.45) is 0. The van der Waals surface area contributed by atoms with E-state index in [1.807, 2.05) is 48.5 Å². The first-order chi connectivity index (χ1) is 11.7. The Labute approximate surface area is 139 Å². The number of hydrogen-bond acceptors (Lipinski definition) is 3.